The van der Waals surface area contributed by atoms with Crippen LogP contribution >= 0.6 is 0 Å². The molecule has 2 aromatic carbocycles. The lowest BCUT2D eigenvalue weighted by atomic mass is 10.1. The first-order chi connectivity index (χ1) is 11.2. The lowest BCUT2D eigenvalue weighted by molar-refractivity contribution is 0.402. The minimum absolute atomic E-state index is 0.736. The molecule has 1 heterocycles. The number of nitrogens with zero attached hydrogens (tertiary/aromatic N) is 2. The van der Waals surface area contributed by atoms with E-state index in [0.717, 1.165) is 34.3 Å². The third kappa shape index (κ3) is 3.13. The lowest BCUT2D eigenvalue weighted by Gasteiger charge is -2.14. The first-order valence-corrected chi connectivity index (χ1v) is 7.32. The van der Waals surface area contributed by atoms with Crippen molar-refractivity contribution in [1.82, 2.24) is 9.78 Å². The third-order valence-corrected chi connectivity index (χ3v) is 3.56. The van der Waals surface area contributed by atoms with Gasteiger partial charge in [-0.3, -0.25) is 0 Å². The molecule has 0 fully saturated rings. The molecule has 0 atom stereocenters. The van der Waals surface area contributed by atoms with Gasteiger partial charge in [-0.2, -0.15) is 5.10 Å². The van der Waals surface area contributed by atoms with Crippen LogP contribution in [0.1, 0.15) is 5.56 Å². The molecule has 0 saturated carbocycles. The molecular weight excluding hydrogens is 290 g/mol. The molecule has 0 amide bonds. The Labute approximate surface area is 135 Å². The maximum absolute atomic E-state index is 5.49. The number of methoxy groups -OCH3 is 2. The molecule has 5 heteroatoms. The van der Waals surface area contributed by atoms with Crippen molar-refractivity contribution in [2.45, 2.75) is 6.92 Å². The second-order valence-electron chi connectivity index (χ2n) is 5.13. The van der Waals surface area contributed by atoms with Crippen molar-refractivity contribution >= 4 is 11.5 Å². The number of hydrogen-bond acceptors (Lipinski definition) is 4. The molecule has 0 unspecified atom stereocenters. The minimum atomic E-state index is 0.736. The maximum atomic E-state index is 5.49. The van der Waals surface area contributed by atoms with E-state index in [-0.39, 0.29) is 0 Å². The highest BCUT2D eigenvalue weighted by atomic mass is 16.5. The van der Waals surface area contributed by atoms with E-state index in [2.05, 4.69) is 10.4 Å². The van der Waals surface area contributed by atoms with Crippen molar-refractivity contribution in [3.8, 4) is 17.2 Å². The van der Waals surface area contributed by atoms with E-state index < -0.39 is 0 Å². The number of benzene rings is 2. The van der Waals surface area contributed by atoms with E-state index >= 15 is 0 Å². The second kappa shape index (κ2) is 6.44. The molecule has 0 radical (unpaired) electrons. The van der Waals surface area contributed by atoms with E-state index in [1.54, 1.807) is 14.2 Å². The molecule has 118 valence electrons. The van der Waals surface area contributed by atoms with Crippen LogP contribution in [0.5, 0.6) is 11.5 Å². The number of rotatable bonds is 5. The van der Waals surface area contributed by atoms with Crippen LogP contribution in [0.2, 0.25) is 0 Å². The SMILES string of the molecule is COc1cc(C)c(OC)c(Nc2ccn(-c3ccccc3)n2)c1. The first kappa shape index (κ1) is 15.0. The number of aromatic nitrogens is 2. The Morgan fingerprint density at radius 3 is 2.48 bits per heavy atom. The average molecular weight is 309 g/mol. The summed E-state index contributed by atoms with van der Waals surface area (Å²) in [5, 5.41) is 7.84. The van der Waals surface area contributed by atoms with Crippen LogP contribution in [0.15, 0.2) is 54.7 Å². The summed E-state index contributed by atoms with van der Waals surface area (Å²) in [5.74, 6) is 2.29. The Balaban J connectivity index is 1.91. The Hall–Kier alpha value is -2.95. The van der Waals surface area contributed by atoms with Gasteiger partial charge in [0.1, 0.15) is 11.5 Å². The normalized spacial score (nSPS) is 10.4. The number of anilines is 2. The number of nitrogens with one attached hydrogen (secondary N) is 1. The molecule has 3 aromatic rings. The van der Waals surface area contributed by atoms with E-state index in [4.69, 9.17) is 9.47 Å². The summed E-state index contributed by atoms with van der Waals surface area (Å²) >= 11 is 0. The molecule has 1 aromatic heterocycles. The van der Waals surface area contributed by atoms with Crippen LogP contribution in [0, 0.1) is 6.92 Å². The predicted octanol–water partition coefficient (Wildman–Crippen LogP) is 3.94. The van der Waals surface area contributed by atoms with Gasteiger partial charge in [0.05, 0.1) is 25.6 Å². The molecule has 3 rings (SSSR count). The summed E-state index contributed by atoms with van der Waals surface area (Å²) in [6.45, 7) is 1.98. The number of para-hydroxylation sites is 1. The van der Waals surface area contributed by atoms with Crippen LogP contribution in [-0.4, -0.2) is 24.0 Å². The van der Waals surface area contributed by atoms with Gasteiger partial charge >= 0.3 is 0 Å². The molecule has 0 spiro atoms. The lowest BCUT2D eigenvalue weighted by Crippen LogP contribution is -2.00. The Bertz CT molecular complexity index is 797. The zero-order chi connectivity index (χ0) is 16.2. The zero-order valence-electron chi connectivity index (χ0n) is 13.4. The quantitative estimate of drug-likeness (QED) is 0.775. The molecule has 5 nitrogen and oxygen atoms in total. The number of aryl methyl sites for hydroxylation is 1. The smallest absolute Gasteiger partial charge is 0.152 e. The van der Waals surface area contributed by atoms with E-state index in [1.165, 1.54) is 0 Å². The highest BCUT2D eigenvalue weighted by Gasteiger charge is 2.11. The minimum Gasteiger partial charge on any atom is -0.497 e. The highest BCUT2D eigenvalue weighted by molar-refractivity contribution is 5.68. The van der Waals surface area contributed by atoms with Crippen molar-refractivity contribution in [1.29, 1.82) is 0 Å². The molecule has 0 aliphatic heterocycles. The fourth-order valence-corrected chi connectivity index (χ4v) is 2.48. The maximum Gasteiger partial charge on any atom is 0.152 e. The van der Waals surface area contributed by atoms with Crippen molar-refractivity contribution in [2.75, 3.05) is 19.5 Å². The van der Waals surface area contributed by atoms with E-state index in [9.17, 15) is 0 Å². The van der Waals surface area contributed by atoms with Gasteiger partial charge in [-0.25, -0.2) is 4.68 Å². The van der Waals surface area contributed by atoms with Gasteiger partial charge in [0, 0.05) is 18.3 Å². The molecule has 0 aliphatic carbocycles. The van der Waals surface area contributed by atoms with Gasteiger partial charge in [0.25, 0.3) is 0 Å². The molecule has 0 aliphatic rings. The Morgan fingerprint density at radius 1 is 1.00 bits per heavy atom. The van der Waals surface area contributed by atoms with Gasteiger partial charge in [0.15, 0.2) is 5.82 Å². The van der Waals surface area contributed by atoms with Crippen LogP contribution in [-0.2, 0) is 0 Å². The summed E-state index contributed by atoms with van der Waals surface area (Å²) < 4.78 is 12.6. The summed E-state index contributed by atoms with van der Waals surface area (Å²) in [7, 11) is 3.30. The predicted molar refractivity (Wildman–Crippen MR) is 91.1 cm³/mol. The Morgan fingerprint density at radius 2 is 1.78 bits per heavy atom. The summed E-state index contributed by atoms with van der Waals surface area (Å²) in [5.41, 5.74) is 2.83. The van der Waals surface area contributed by atoms with Crippen LogP contribution in [0.25, 0.3) is 5.69 Å². The molecular formula is C18H19N3O2. The van der Waals surface area contributed by atoms with Crippen LogP contribution in [0.4, 0.5) is 11.5 Å². The topological polar surface area (TPSA) is 48.3 Å². The Kier molecular flexibility index (Phi) is 4.19. The summed E-state index contributed by atoms with van der Waals surface area (Å²) in [4.78, 5) is 0. The molecule has 0 bridgehead atoms. The largest absolute Gasteiger partial charge is 0.497 e. The van der Waals surface area contributed by atoms with Crippen LogP contribution in [0.3, 0.4) is 0 Å². The van der Waals surface area contributed by atoms with Crippen molar-refractivity contribution in [3.05, 3.63) is 60.3 Å². The fourth-order valence-electron chi connectivity index (χ4n) is 2.48. The monoisotopic (exact) mass is 309 g/mol. The van der Waals surface area contributed by atoms with Gasteiger partial charge in [-0.1, -0.05) is 18.2 Å². The number of hydrogen-bond donors (Lipinski definition) is 1. The van der Waals surface area contributed by atoms with Crippen LogP contribution < -0.4 is 14.8 Å². The summed E-state index contributed by atoms with van der Waals surface area (Å²) in [6.07, 6.45) is 1.91. The standard InChI is InChI=1S/C18H19N3O2/c1-13-11-15(22-2)12-16(18(13)23-3)19-17-9-10-21(20-17)14-7-5-4-6-8-14/h4-12H,1-3H3,(H,19,20). The van der Waals surface area contributed by atoms with Crippen molar-refractivity contribution < 1.29 is 9.47 Å². The zero-order valence-corrected chi connectivity index (χ0v) is 13.4. The average Bonchev–Trinajstić information content (AvgIpc) is 3.04. The first-order valence-electron chi connectivity index (χ1n) is 7.32. The fraction of sp³-hybridized carbons (Fsp3) is 0.167. The van der Waals surface area contributed by atoms with Gasteiger partial charge < -0.3 is 14.8 Å². The number of ether oxygens (including phenoxy) is 2. The highest BCUT2D eigenvalue weighted by Crippen LogP contribution is 2.34. The van der Waals surface area contributed by atoms with E-state index in [1.807, 2.05) is 66.3 Å². The molecule has 0 saturated heterocycles. The third-order valence-electron chi connectivity index (χ3n) is 3.56. The second-order valence-corrected chi connectivity index (χ2v) is 5.13. The summed E-state index contributed by atoms with van der Waals surface area (Å²) in [6, 6.07) is 15.7. The van der Waals surface area contributed by atoms with Gasteiger partial charge in [-0.15, -0.1) is 0 Å². The van der Waals surface area contributed by atoms with Crippen molar-refractivity contribution in [3.63, 3.8) is 0 Å². The van der Waals surface area contributed by atoms with Gasteiger partial charge in [0.2, 0.25) is 0 Å². The molecule has 1 N–H and O–H groups in total. The van der Waals surface area contributed by atoms with E-state index in [0.29, 0.717) is 0 Å². The molecule has 23 heavy (non-hydrogen) atoms. The van der Waals surface area contributed by atoms with Gasteiger partial charge in [-0.05, 0) is 30.7 Å². The van der Waals surface area contributed by atoms with Crippen molar-refractivity contribution in [2.24, 2.45) is 0 Å².